The first kappa shape index (κ1) is 36.8. The Morgan fingerprint density at radius 3 is 2.34 bits per heavy atom. The first-order chi connectivity index (χ1) is 24.4. The number of benzene rings is 2. The zero-order valence-corrected chi connectivity index (χ0v) is 31.8. The van der Waals surface area contributed by atoms with Gasteiger partial charge in [0.2, 0.25) is 0 Å². The third-order valence-corrected chi connectivity index (χ3v) is 13.0. The highest BCUT2D eigenvalue weighted by Gasteiger charge is 2.44. The minimum atomic E-state index is 0.450. The molecule has 274 valence electrons. The van der Waals surface area contributed by atoms with Crippen LogP contribution >= 0.6 is 0 Å². The second-order valence-corrected chi connectivity index (χ2v) is 16.9. The van der Waals surface area contributed by atoms with Gasteiger partial charge in [-0.3, -0.25) is 10.4 Å². The molecule has 6 nitrogen and oxygen atoms in total. The first-order valence-corrected chi connectivity index (χ1v) is 20.7. The summed E-state index contributed by atoms with van der Waals surface area (Å²) in [4.78, 5) is 11.9. The van der Waals surface area contributed by atoms with Gasteiger partial charge in [0.05, 0.1) is 12.6 Å². The first-order valence-electron chi connectivity index (χ1n) is 20.7. The molecule has 6 rings (SSSR count). The van der Waals surface area contributed by atoms with E-state index < -0.39 is 0 Å². The Hall–Kier alpha value is -3.02. The molecule has 6 heteroatoms. The largest absolute Gasteiger partial charge is 0.370 e. The molecule has 0 spiro atoms. The summed E-state index contributed by atoms with van der Waals surface area (Å²) in [5, 5.41) is 9.15. The number of guanidine groups is 2. The Bertz CT molecular complexity index is 1370. The van der Waals surface area contributed by atoms with Crippen molar-refractivity contribution in [3.05, 3.63) is 60.2 Å². The van der Waals surface area contributed by atoms with E-state index in [0.29, 0.717) is 17.5 Å². The van der Waals surface area contributed by atoms with Crippen molar-refractivity contribution in [3.8, 4) is 11.1 Å². The average molecular weight is 681 g/mol. The van der Waals surface area contributed by atoms with Crippen LogP contribution in [0, 0.1) is 28.6 Å². The van der Waals surface area contributed by atoms with Gasteiger partial charge in [-0.25, -0.2) is 0 Å². The molecule has 2 bridgehead atoms. The zero-order valence-electron chi connectivity index (χ0n) is 31.8. The molecular formula is C44H68N6. The van der Waals surface area contributed by atoms with E-state index in [9.17, 15) is 0 Å². The van der Waals surface area contributed by atoms with Gasteiger partial charge in [0.1, 0.15) is 0 Å². The molecule has 0 amide bonds. The number of hydrogen-bond acceptors (Lipinski definition) is 4. The Kier molecular flexibility index (Phi) is 12.8. The average Bonchev–Trinajstić information content (AvgIpc) is 3.63. The molecule has 2 aliphatic carbocycles. The topological polar surface area (TPSA) is 72.0 Å². The quantitative estimate of drug-likeness (QED) is 0.154. The summed E-state index contributed by atoms with van der Waals surface area (Å²) < 4.78 is 0. The van der Waals surface area contributed by atoms with Crippen LogP contribution in [0.25, 0.3) is 11.1 Å². The normalized spacial score (nSPS) is 28.1. The molecule has 0 radical (unpaired) electrons. The lowest BCUT2D eigenvalue weighted by Crippen LogP contribution is -2.42. The summed E-state index contributed by atoms with van der Waals surface area (Å²) in [5.41, 5.74) is 11.0. The lowest BCUT2D eigenvalue weighted by molar-refractivity contribution is 0.00353. The van der Waals surface area contributed by atoms with E-state index in [4.69, 9.17) is 16.1 Å². The molecule has 3 N–H and O–H groups in total. The van der Waals surface area contributed by atoms with Crippen LogP contribution in [0.4, 0.5) is 0 Å². The van der Waals surface area contributed by atoms with Crippen molar-refractivity contribution in [3.63, 3.8) is 0 Å². The summed E-state index contributed by atoms with van der Waals surface area (Å²) in [6.07, 6.45) is 20.8. The molecule has 1 saturated heterocycles. The predicted octanol–water partition coefficient (Wildman–Crippen LogP) is 9.59. The molecule has 2 aliphatic heterocycles. The molecule has 2 saturated carbocycles. The van der Waals surface area contributed by atoms with E-state index in [-0.39, 0.29) is 0 Å². The van der Waals surface area contributed by atoms with Gasteiger partial charge in [0.15, 0.2) is 11.9 Å². The molecule has 0 aromatic heterocycles. The molecule has 2 aromatic rings. The number of hydrogen-bond donors (Lipinski definition) is 2. The van der Waals surface area contributed by atoms with Crippen LogP contribution in [0.2, 0.25) is 0 Å². The second-order valence-electron chi connectivity index (χ2n) is 16.9. The highest BCUT2D eigenvalue weighted by atomic mass is 15.4. The number of nitrogens with zero attached hydrogens (tertiary/aromatic N) is 4. The maximum Gasteiger partial charge on any atom is 0.194 e. The smallest absolute Gasteiger partial charge is 0.194 e. The van der Waals surface area contributed by atoms with E-state index in [2.05, 4.69) is 90.1 Å². The standard InChI is InChI=1S/C44H68N6/c1-4-6-16-41-33-48(43(46)50(41)26-22-36-18-20-39(21-19-36)38-14-8-7-9-15-38)24-12-10-17-40-32-47-42(45)49(40)25-13-11-23-44-29-34(3)27-37(31-44)28-35(5-2)30-44/h7-9,14-15,18-21,34-35,37,40-41,46H,4-6,10-13,16-17,22-33H2,1-3H3,(H2,45,47)/t34?,35?,37?,40-,41-,44?/m0/s1. The number of rotatable bonds is 18. The number of nitrogens with two attached hydrogens (primary N) is 1. The van der Waals surface area contributed by atoms with Crippen LogP contribution in [-0.2, 0) is 6.42 Å². The van der Waals surface area contributed by atoms with Gasteiger partial charge in [-0.15, -0.1) is 0 Å². The van der Waals surface area contributed by atoms with Crippen molar-refractivity contribution in [1.82, 2.24) is 14.7 Å². The maximum atomic E-state index is 9.15. The molecule has 4 unspecified atom stereocenters. The number of nitrogens with one attached hydrogen (secondary N) is 1. The Labute approximate surface area is 304 Å². The van der Waals surface area contributed by atoms with Crippen molar-refractivity contribution in [2.45, 2.75) is 136 Å². The maximum absolute atomic E-state index is 9.15. The minimum Gasteiger partial charge on any atom is -0.370 e. The Morgan fingerprint density at radius 2 is 1.56 bits per heavy atom. The van der Waals surface area contributed by atoms with E-state index in [1.54, 1.807) is 0 Å². The lowest BCUT2D eigenvalue weighted by atomic mass is 9.55. The van der Waals surface area contributed by atoms with Crippen LogP contribution in [0.15, 0.2) is 59.6 Å². The summed E-state index contributed by atoms with van der Waals surface area (Å²) in [6.45, 7) is 12.0. The molecule has 2 heterocycles. The van der Waals surface area contributed by atoms with Crippen molar-refractivity contribution < 1.29 is 0 Å². The van der Waals surface area contributed by atoms with Crippen molar-refractivity contribution in [1.29, 1.82) is 5.41 Å². The Morgan fingerprint density at radius 1 is 0.800 bits per heavy atom. The minimum absolute atomic E-state index is 0.450. The molecule has 50 heavy (non-hydrogen) atoms. The molecule has 3 fully saturated rings. The third kappa shape index (κ3) is 9.25. The lowest BCUT2D eigenvalue weighted by Gasteiger charge is -2.51. The van der Waals surface area contributed by atoms with Gasteiger partial charge in [0.25, 0.3) is 0 Å². The van der Waals surface area contributed by atoms with Crippen molar-refractivity contribution >= 4 is 11.9 Å². The highest BCUT2D eigenvalue weighted by molar-refractivity contribution is 5.80. The van der Waals surface area contributed by atoms with Crippen molar-refractivity contribution in [2.75, 3.05) is 32.7 Å². The molecule has 4 aliphatic rings. The van der Waals surface area contributed by atoms with Gasteiger partial charge >= 0.3 is 0 Å². The Balaban J connectivity index is 0.931. The van der Waals surface area contributed by atoms with Crippen LogP contribution in [0.5, 0.6) is 0 Å². The zero-order chi connectivity index (χ0) is 34.9. The van der Waals surface area contributed by atoms with Crippen molar-refractivity contribution in [2.24, 2.45) is 33.9 Å². The fourth-order valence-electron chi connectivity index (χ4n) is 10.6. The summed E-state index contributed by atoms with van der Waals surface area (Å²) >= 11 is 0. The van der Waals surface area contributed by atoms with Gasteiger partial charge in [0, 0.05) is 32.2 Å². The SMILES string of the molecule is CCCC[C@H]1CN(CCCC[C@H]2CN=C(N)N2CCCCC23CC(C)CC(CC(CC)C2)C3)C(=N)N1CCc1ccc(-c2ccccc2)cc1. The van der Waals surface area contributed by atoms with Gasteiger partial charge in [-0.2, -0.15) is 0 Å². The summed E-state index contributed by atoms with van der Waals surface area (Å²) in [5.74, 6) is 4.37. The highest BCUT2D eigenvalue weighted by Crippen LogP contribution is 2.55. The van der Waals surface area contributed by atoms with Gasteiger partial charge in [-0.1, -0.05) is 101 Å². The number of fused-ring (bicyclic) bond motifs is 2. The fraction of sp³-hybridized carbons (Fsp3) is 0.682. The van der Waals surface area contributed by atoms with E-state index in [1.807, 2.05) is 0 Å². The van der Waals surface area contributed by atoms with Crippen LogP contribution in [0.1, 0.15) is 123 Å². The van der Waals surface area contributed by atoms with Crippen LogP contribution in [0.3, 0.4) is 0 Å². The molecular weight excluding hydrogens is 613 g/mol. The fourth-order valence-corrected chi connectivity index (χ4v) is 10.6. The molecule has 6 atom stereocenters. The number of unbranched alkanes of at least 4 members (excludes halogenated alkanes) is 3. The second kappa shape index (κ2) is 17.5. The van der Waals surface area contributed by atoms with Gasteiger partial charge in [-0.05, 0) is 117 Å². The van der Waals surface area contributed by atoms with Crippen LogP contribution < -0.4 is 5.73 Å². The monoisotopic (exact) mass is 681 g/mol. The summed E-state index contributed by atoms with van der Waals surface area (Å²) in [6, 6.07) is 20.5. The third-order valence-electron chi connectivity index (χ3n) is 13.0. The summed E-state index contributed by atoms with van der Waals surface area (Å²) in [7, 11) is 0. The van der Waals surface area contributed by atoms with E-state index in [0.717, 1.165) is 81.7 Å². The molecule has 2 aromatic carbocycles. The van der Waals surface area contributed by atoms with E-state index >= 15 is 0 Å². The number of aliphatic imine (C=N–C) groups is 1. The van der Waals surface area contributed by atoms with Gasteiger partial charge < -0.3 is 20.4 Å². The van der Waals surface area contributed by atoms with Crippen LogP contribution in [-0.4, -0.2) is 71.4 Å². The van der Waals surface area contributed by atoms with E-state index in [1.165, 1.54) is 100 Å². The predicted molar refractivity (Wildman–Crippen MR) is 212 cm³/mol.